The molecule has 108 valence electrons. The molecule has 0 aliphatic heterocycles. The number of aromatic nitrogens is 1. The van der Waals surface area contributed by atoms with Crippen LogP contribution < -0.4 is 10.6 Å². The number of nitrogens with zero attached hydrogens (tertiary/aromatic N) is 1. The third-order valence-electron chi connectivity index (χ3n) is 2.84. The Morgan fingerprint density at radius 1 is 1.45 bits per heavy atom. The van der Waals surface area contributed by atoms with Crippen LogP contribution in [0.2, 0.25) is 0 Å². The molecular formula is C14H19N3O3. The fraction of sp³-hybridized carbons (Fsp3) is 0.429. The Bertz CT molecular complexity index is 580. The van der Waals surface area contributed by atoms with Gasteiger partial charge < -0.3 is 19.8 Å². The third kappa shape index (κ3) is 3.79. The summed E-state index contributed by atoms with van der Waals surface area (Å²) < 4.78 is 10.6. The molecule has 0 bridgehead atoms. The van der Waals surface area contributed by atoms with E-state index in [9.17, 15) is 4.79 Å². The summed E-state index contributed by atoms with van der Waals surface area (Å²) in [6.45, 7) is 1.22. The van der Waals surface area contributed by atoms with Crippen LogP contribution in [0.4, 0.5) is 5.69 Å². The standard InChI is InChI=1S/C14H19N3O3/c1-15-7-5-13(18)16-10-3-4-12-11(9-10)17-14(20-12)6-8-19-2/h3-4,9,15H,5-8H2,1-2H3,(H,16,18). The number of ether oxygens (including phenoxy) is 1. The molecule has 0 spiro atoms. The van der Waals surface area contributed by atoms with Crippen LogP contribution in [-0.2, 0) is 16.0 Å². The average Bonchev–Trinajstić information content (AvgIpc) is 2.85. The number of hydrogen-bond acceptors (Lipinski definition) is 5. The summed E-state index contributed by atoms with van der Waals surface area (Å²) in [7, 11) is 3.46. The van der Waals surface area contributed by atoms with Crippen molar-refractivity contribution in [1.82, 2.24) is 10.3 Å². The number of rotatable bonds is 7. The zero-order valence-electron chi connectivity index (χ0n) is 11.7. The number of oxazole rings is 1. The predicted molar refractivity (Wildman–Crippen MR) is 76.8 cm³/mol. The Hall–Kier alpha value is -1.92. The number of carbonyl (C=O) groups excluding carboxylic acids is 1. The number of benzene rings is 1. The van der Waals surface area contributed by atoms with Crippen LogP contribution in [0, 0.1) is 0 Å². The monoisotopic (exact) mass is 277 g/mol. The molecule has 6 heteroatoms. The minimum atomic E-state index is -0.0261. The lowest BCUT2D eigenvalue weighted by atomic mass is 10.2. The van der Waals surface area contributed by atoms with Crippen molar-refractivity contribution in [2.24, 2.45) is 0 Å². The van der Waals surface area contributed by atoms with E-state index in [1.54, 1.807) is 7.11 Å². The molecule has 0 saturated carbocycles. The van der Waals surface area contributed by atoms with E-state index in [-0.39, 0.29) is 5.91 Å². The van der Waals surface area contributed by atoms with E-state index in [0.29, 0.717) is 37.5 Å². The van der Waals surface area contributed by atoms with Gasteiger partial charge in [-0.3, -0.25) is 4.79 Å². The van der Waals surface area contributed by atoms with Crippen molar-refractivity contribution in [3.63, 3.8) is 0 Å². The first-order valence-electron chi connectivity index (χ1n) is 6.56. The smallest absolute Gasteiger partial charge is 0.225 e. The van der Waals surface area contributed by atoms with E-state index in [0.717, 1.165) is 11.2 Å². The molecule has 0 aliphatic carbocycles. The lowest BCUT2D eigenvalue weighted by Crippen LogP contribution is -2.18. The highest BCUT2D eigenvalue weighted by molar-refractivity contribution is 5.92. The molecule has 0 radical (unpaired) electrons. The van der Waals surface area contributed by atoms with Crippen LogP contribution in [0.5, 0.6) is 0 Å². The van der Waals surface area contributed by atoms with Gasteiger partial charge in [0.05, 0.1) is 6.61 Å². The Morgan fingerprint density at radius 3 is 3.05 bits per heavy atom. The molecule has 1 aromatic carbocycles. The molecule has 6 nitrogen and oxygen atoms in total. The molecule has 1 heterocycles. The van der Waals surface area contributed by atoms with Crippen LogP contribution in [0.3, 0.4) is 0 Å². The minimum Gasteiger partial charge on any atom is -0.441 e. The summed E-state index contributed by atoms with van der Waals surface area (Å²) >= 11 is 0. The van der Waals surface area contributed by atoms with Crippen molar-refractivity contribution in [1.29, 1.82) is 0 Å². The summed E-state index contributed by atoms with van der Waals surface area (Å²) in [5, 5.41) is 5.77. The highest BCUT2D eigenvalue weighted by Gasteiger charge is 2.08. The molecule has 1 aromatic heterocycles. The zero-order valence-corrected chi connectivity index (χ0v) is 11.7. The van der Waals surface area contributed by atoms with Crippen molar-refractivity contribution in [2.45, 2.75) is 12.8 Å². The van der Waals surface area contributed by atoms with E-state index in [1.807, 2.05) is 25.2 Å². The van der Waals surface area contributed by atoms with Gasteiger partial charge in [0.1, 0.15) is 5.52 Å². The molecule has 0 aliphatic rings. The lowest BCUT2D eigenvalue weighted by Gasteiger charge is -2.04. The SMILES string of the molecule is CNCCC(=O)Nc1ccc2oc(CCOC)nc2c1. The first kappa shape index (κ1) is 14.5. The molecule has 20 heavy (non-hydrogen) atoms. The molecule has 0 unspecified atom stereocenters. The lowest BCUT2D eigenvalue weighted by molar-refractivity contribution is -0.116. The average molecular weight is 277 g/mol. The number of amides is 1. The second-order valence-corrected chi connectivity index (χ2v) is 4.43. The van der Waals surface area contributed by atoms with Gasteiger partial charge in [-0.1, -0.05) is 0 Å². The molecule has 0 saturated heterocycles. The van der Waals surface area contributed by atoms with Crippen LogP contribution in [0.25, 0.3) is 11.1 Å². The van der Waals surface area contributed by atoms with Crippen LogP contribution in [0.1, 0.15) is 12.3 Å². The fourth-order valence-electron chi connectivity index (χ4n) is 1.81. The first-order valence-corrected chi connectivity index (χ1v) is 6.56. The van der Waals surface area contributed by atoms with Gasteiger partial charge >= 0.3 is 0 Å². The van der Waals surface area contributed by atoms with E-state index in [4.69, 9.17) is 9.15 Å². The third-order valence-corrected chi connectivity index (χ3v) is 2.84. The molecule has 2 rings (SSSR count). The molecular weight excluding hydrogens is 258 g/mol. The molecule has 2 aromatic rings. The van der Waals surface area contributed by atoms with Crippen molar-refractivity contribution in [2.75, 3.05) is 32.6 Å². The number of nitrogens with one attached hydrogen (secondary N) is 2. The summed E-state index contributed by atoms with van der Waals surface area (Å²) in [6, 6.07) is 5.43. The van der Waals surface area contributed by atoms with E-state index >= 15 is 0 Å². The Labute approximate surface area is 117 Å². The van der Waals surface area contributed by atoms with Crippen molar-refractivity contribution in [3.05, 3.63) is 24.1 Å². The van der Waals surface area contributed by atoms with Gasteiger partial charge in [-0.25, -0.2) is 4.98 Å². The normalized spacial score (nSPS) is 10.9. The maximum Gasteiger partial charge on any atom is 0.225 e. The van der Waals surface area contributed by atoms with Crippen LogP contribution in [0.15, 0.2) is 22.6 Å². The number of carbonyl (C=O) groups is 1. The van der Waals surface area contributed by atoms with Crippen LogP contribution in [-0.4, -0.2) is 38.2 Å². The first-order chi connectivity index (χ1) is 9.72. The summed E-state index contributed by atoms with van der Waals surface area (Å²) in [6.07, 6.45) is 1.07. The van der Waals surface area contributed by atoms with Crippen molar-refractivity contribution < 1.29 is 13.9 Å². The largest absolute Gasteiger partial charge is 0.441 e. The molecule has 2 N–H and O–H groups in total. The predicted octanol–water partition coefficient (Wildman–Crippen LogP) is 1.56. The maximum atomic E-state index is 11.6. The number of anilines is 1. The number of methoxy groups -OCH3 is 1. The van der Waals surface area contributed by atoms with Gasteiger partial charge in [0.25, 0.3) is 0 Å². The van der Waals surface area contributed by atoms with E-state index in [1.165, 1.54) is 0 Å². The zero-order chi connectivity index (χ0) is 14.4. The summed E-state index contributed by atoms with van der Waals surface area (Å²) in [5.41, 5.74) is 2.18. The highest BCUT2D eigenvalue weighted by atomic mass is 16.5. The van der Waals surface area contributed by atoms with Gasteiger partial charge in [-0.15, -0.1) is 0 Å². The van der Waals surface area contributed by atoms with Crippen LogP contribution >= 0.6 is 0 Å². The van der Waals surface area contributed by atoms with Gasteiger partial charge in [-0.2, -0.15) is 0 Å². The number of hydrogen-bond donors (Lipinski definition) is 2. The van der Waals surface area contributed by atoms with Gasteiger partial charge in [0.15, 0.2) is 11.5 Å². The second kappa shape index (κ2) is 7.02. The quantitative estimate of drug-likeness (QED) is 0.803. The Morgan fingerprint density at radius 2 is 2.30 bits per heavy atom. The highest BCUT2D eigenvalue weighted by Crippen LogP contribution is 2.20. The molecule has 0 atom stereocenters. The second-order valence-electron chi connectivity index (χ2n) is 4.43. The minimum absolute atomic E-state index is 0.0261. The fourth-order valence-corrected chi connectivity index (χ4v) is 1.81. The van der Waals surface area contributed by atoms with Gasteiger partial charge in [-0.05, 0) is 25.2 Å². The van der Waals surface area contributed by atoms with Gasteiger partial charge in [0, 0.05) is 32.2 Å². The Balaban J connectivity index is 2.06. The summed E-state index contributed by atoms with van der Waals surface area (Å²) in [4.78, 5) is 16.0. The van der Waals surface area contributed by atoms with E-state index < -0.39 is 0 Å². The maximum absolute atomic E-state index is 11.6. The summed E-state index contributed by atoms with van der Waals surface area (Å²) in [5.74, 6) is 0.613. The Kier molecular flexibility index (Phi) is 5.09. The molecule has 1 amide bonds. The van der Waals surface area contributed by atoms with Gasteiger partial charge in [0.2, 0.25) is 5.91 Å². The number of fused-ring (bicyclic) bond motifs is 1. The van der Waals surface area contributed by atoms with Crippen molar-refractivity contribution >= 4 is 22.7 Å². The topological polar surface area (TPSA) is 76.4 Å². The van der Waals surface area contributed by atoms with Crippen molar-refractivity contribution in [3.8, 4) is 0 Å². The van der Waals surface area contributed by atoms with E-state index in [2.05, 4.69) is 15.6 Å². The molecule has 0 fully saturated rings.